The number of nitrogens with zero attached hydrogens (tertiary/aromatic N) is 1. The summed E-state index contributed by atoms with van der Waals surface area (Å²) in [6.45, 7) is 0. The van der Waals surface area contributed by atoms with E-state index in [0.29, 0.717) is 5.58 Å². The molecule has 74 valence electrons. The Morgan fingerprint density at radius 2 is 2.00 bits per heavy atom. The van der Waals surface area contributed by atoms with Crippen molar-refractivity contribution in [2.45, 2.75) is 6.18 Å². The minimum absolute atomic E-state index is 0.187. The first kappa shape index (κ1) is 9.51. The van der Waals surface area contributed by atoms with Crippen LogP contribution in [-0.2, 0) is 6.18 Å². The molecule has 0 fully saturated rings. The van der Waals surface area contributed by atoms with Gasteiger partial charge in [-0.15, -0.1) is 0 Å². The number of benzene rings is 1. The molecule has 0 aliphatic heterocycles. The molecule has 6 heteroatoms. The van der Waals surface area contributed by atoms with Gasteiger partial charge in [-0.25, -0.2) is 4.98 Å². The molecule has 0 spiro atoms. The van der Waals surface area contributed by atoms with Gasteiger partial charge in [-0.1, -0.05) is 0 Å². The number of halogens is 4. The third-order valence-electron chi connectivity index (χ3n) is 1.71. The maximum absolute atomic E-state index is 12.3. The summed E-state index contributed by atoms with van der Waals surface area (Å²) >= 11 is 2.99. The molecule has 0 atom stereocenters. The zero-order chi connectivity index (χ0) is 10.3. The summed E-state index contributed by atoms with van der Waals surface area (Å²) in [4.78, 5) is 3.66. The molecule has 2 rings (SSSR count). The molecule has 2 aromatic rings. The molecule has 0 unspecified atom stereocenters. The SMILES string of the molecule is FC(F)(F)c1cc(Br)c2ocnc2c1. The Hall–Kier alpha value is -1.04. The molecule has 1 aromatic carbocycles. The van der Waals surface area contributed by atoms with Gasteiger partial charge in [-0.2, -0.15) is 13.2 Å². The zero-order valence-corrected chi connectivity index (χ0v) is 8.19. The number of hydrogen-bond donors (Lipinski definition) is 0. The zero-order valence-electron chi connectivity index (χ0n) is 6.60. The highest BCUT2D eigenvalue weighted by Gasteiger charge is 2.31. The van der Waals surface area contributed by atoms with Gasteiger partial charge in [0.05, 0.1) is 10.0 Å². The largest absolute Gasteiger partial charge is 0.442 e. The van der Waals surface area contributed by atoms with E-state index in [2.05, 4.69) is 20.9 Å². The Kier molecular flexibility index (Phi) is 2.02. The highest BCUT2D eigenvalue weighted by Crippen LogP contribution is 2.34. The van der Waals surface area contributed by atoms with Crippen LogP contribution in [0.15, 0.2) is 27.4 Å². The van der Waals surface area contributed by atoms with E-state index in [9.17, 15) is 13.2 Å². The van der Waals surface area contributed by atoms with Crippen molar-refractivity contribution in [2.24, 2.45) is 0 Å². The predicted molar refractivity (Wildman–Crippen MR) is 46.7 cm³/mol. The molecule has 0 amide bonds. The molecule has 0 radical (unpaired) electrons. The van der Waals surface area contributed by atoms with Crippen LogP contribution in [0.25, 0.3) is 11.1 Å². The number of aromatic nitrogens is 1. The van der Waals surface area contributed by atoms with Gasteiger partial charge >= 0.3 is 6.18 Å². The lowest BCUT2D eigenvalue weighted by molar-refractivity contribution is -0.137. The predicted octanol–water partition coefficient (Wildman–Crippen LogP) is 3.61. The molecular weight excluding hydrogens is 263 g/mol. The molecule has 0 saturated heterocycles. The Morgan fingerprint density at radius 1 is 1.29 bits per heavy atom. The van der Waals surface area contributed by atoms with Gasteiger partial charge in [0.25, 0.3) is 0 Å². The van der Waals surface area contributed by atoms with E-state index in [1.807, 2.05) is 0 Å². The minimum atomic E-state index is -4.37. The summed E-state index contributed by atoms with van der Waals surface area (Å²) in [7, 11) is 0. The van der Waals surface area contributed by atoms with Gasteiger partial charge in [0.15, 0.2) is 12.0 Å². The van der Waals surface area contributed by atoms with Gasteiger partial charge in [0.2, 0.25) is 0 Å². The van der Waals surface area contributed by atoms with Gasteiger partial charge in [0, 0.05) is 0 Å². The molecule has 2 nitrogen and oxygen atoms in total. The van der Waals surface area contributed by atoms with E-state index in [4.69, 9.17) is 4.42 Å². The molecular formula is C8H3BrF3NO. The maximum Gasteiger partial charge on any atom is 0.416 e. The lowest BCUT2D eigenvalue weighted by atomic mass is 10.2. The average Bonchev–Trinajstić information content (AvgIpc) is 2.50. The van der Waals surface area contributed by atoms with Gasteiger partial charge < -0.3 is 4.42 Å². The molecule has 0 aliphatic rings. The first-order valence-electron chi connectivity index (χ1n) is 3.58. The Labute approximate surface area is 84.9 Å². The third kappa shape index (κ3) is 1.50. The van der Waals surface area contributed by atoms with Gasteiger partial charge in [-0.05, 0) is 28.1 Å². The van der Waals surface area contributed by atoms with E-state index in [-0.39, 0.29) is 9.99 Å². The van der Waals surface area contributed by atoms with E-state index in [1.165, 1.54) is 0 Å². The first-order chi connectivity index (χ1) is 6.48. The summed E-state index contributed by atoms with van der Waals surface area (Å²) in [5.41, 5.74) is -0.240. The molecule has 0 N–H and O–H groups in total. The van der Waals surface area contributed by atoms with Crippen molar-refractivity contribution in [3.05, 3.63) is 28.6 Å². The maximum atomic E-state index is 12.3. The highest BCUT2D eigenvalue weighted by molar-refractivity contribution is 9.10. The summed E-state index contributed by atoms with van der Waals surface area (Å²) in [6, 6.07) is 1.91. The summed E-state index contributed by atoms with van der Waals surface area (Å²) in [6.07, 6.45) is -3.26. The fraction of sp³-hybridized carbons (Fsp3) is 0.125. The average molecular weight is 266 g/mol. The smallest absolute Gasteiger partial charge is 0.416 e. The first-order valence-corrected chi connectivity index (χ1v) is 4.38. The van der Waals surface area contributed by atoms with E-state index in [0.717, 1.165) is 18.5 Å². The van der Waals surface area contributed by atoms with Crippen molar-refractivity contribution in [3.63, 3.8) is 0 Å². The number of alkyl halides is 3. The van der Waals surface area contributed by atoms with Gasteiger partial charge in [0.1, 0.15) is 5.52 Å². The fourth-order valence-electron chi connectivity index (χ4n) is 1.09. The van der Waals surface area contributed by atoms with E-state index >= 15 is 0 Å². The Balaban J connectivity index is 2.70. The topological polar surface area (TPSA) is 26.0 Å². The lowest BCUT2D eigenvalue weighted by Crippen LogP contribution is -2.04. The highest BCUT2D eigenvalue weighted by atomic mass is 79.9. The standard InChI is InChI=1S/C8H3BrF3NO/c9-5-1-4(8(10,11)12)2-6-7(5)14-3-13-6/h1-3H. The van der Waals surface area contributed by atoms with Crippen molar-refractivity contribution in [1.29, 1.82) is 0 Å². The Morgan fingerprint density at radius 3 is 2.64 bits per heavy atom. The summed E-state index contributed by atoms with van der Waals surface area (Å²) < 4.78 is 42.1. The molecule has 1 aromatic heterocycles. The van der Waals surface area contributed by atoms with Crippen LogP contribution in [0.3, 0.4) is 0 Å². The second kappa shape index (κ2) is 2.98. The molecule has 14 heavy (non-hydrogen) atoms. The van der Waals surface area contributed by atoms with Crippen LogP contribution >= 0.6 is 15.9 Å². The van der Waals surface area contributed by atoms with Crippen molar-refractivity contribution in [3.8, 4) is 0 Å². The summed E-state index contributed by atoms with van der Waals surface area (Å²) in [5.74, 6) is 0. The van der Waals surface area contributed by atoms with Crippen molar-refractivity contribution in [2.75, 3.05) is 0 Å². The van der Waals surface area contributed by atoms with Crippen LogP contribution in [-0.4, -0.2) is 4.98 Å². The van der Waals surface area contributed by atoms with Crippen LogP contribution in [0.5, 0.6) is 0 Å². The van der Waals surface area contributed by atoms with Crippen LogP contribution in [0.4, 0.5) is 13.2 Å². The molecule has 0 aliphatic carbocycles. The van der Waals surface area contributed by atoms with Crippen molar-refractivity contribution >= 4 is 27.0 Å². The number of rotatable bonds is 0. The van der Waals surface area contributed by atoms with E-state index < -0.39 is 11.7 Å². The van der Waals surface area contributed by atoms with Crippen LogP contribution in [0.2, 0.25) is 0 Å². The minimum Gasteiger partial charge on any atom is -0.442 e. The van der Waals surface area contributed by atoms with Crippen LogP contribution in [0, 0.1) is 0 Å². The van der Waals surface area contributed by atoms with Crippen LogP contribution in [0.1, 0.15) is 5.56 Å². The monoisotopic (exact) mass is 265 g/mol. The molecule has 0 bridgehead atoms. The quantitative estimate of drug-likeness (QED) is 0.728. The van der Waals surface area contributed by atoms with Crippen LogP contribution < -0.4 is 0 Å². The third-order valence-corrected chi connectivity index (χ3v) is 2.30. The van der Waals surface area contributed by atoms with Crippen molar-refractivity contribution < 1.29 is 17.6 Å². The fourth-order valence-corrected chi connectivity index (χ4v) is 1.63. The van der Waals surface area contributed by atoms with Crippen molar-refractivity contribution in [1.82, 2.24) is 4.98 Å². The molecule has 0 saturated carbocycles. The Bertz CT molecular complexity index is 477. The lowest BCUT2D eigenvalue weighted by Gasteiger charge is -2.06. The van der Waals surface area contributed by atoms with Gasteiger partial charge in [-0.3, -0.25) is 0 Å². The molecule has 1 heterocycles. The normalized spacial score (nSPS) is 12.3. The number of fused-ring (bicyclic) bond motifs is 1. The summed E-state index contributed by atoms with van der Waals surface area (Å²) in [5, 5.41) is 0. The number of hydrogen-bond acceptors (Lipinski definition) is 2. The second-order valence-corrected chi connectivity index (χ2v) is 3.51. The second-order valence-electron chi connectivity index (χ2n) is 2.66. The van der Waals surface area contributed by atoms with E-state index in [1.54, 1.807) is 0 Å². The number of oxazole rings is 1.